The molecule has 0 spiro atoms. The topological polar surface area (TPSA) is 41.1 Å². The van der Waals surface area contributed by atoms with Crippen molar-refractivity contribution in [2.45, 2.75) is 6.92 Å². The lowest BCUT2D eigenvalue weighted by Gasteiger charge is -2.11. The van der Waals surface area contributed by atoms with Gasteiger partial charge >= 0.3 is 0 Å². The minimum Gasteiger partial charge on any atom is -0.375 e. The van der Waals surface area contributed by atoms with E-state index in [1.54, 1.807) is 0 Å². The first-order chi connectivity index (χ1) is 11.1. The molecule has 0 aliphatic heterocycles. The monoisotopic (exact) mass is 324 g/mol. The normalized spacial score (nSPS) is 10.5. The van der Waals surface area contributed by atoms with Gasteiger partial charge < -0.3 is 10.6 Å². The summed E-state index contributed by atoms with van der Waals surface area (Å²) in [6, 6.07) is 19.5. The third kappa shape index (κ3) is 3.63. The smallest absolute Gasteiger partial charge is 0.243 e. The van der Waals surface area contributed by atoms with Crippen molar-refractivity contribution in [3.05, 3.63) is 71.2 Å². The summed E-state index contributed by atoms with van der Waals surface area (Å²) in [5.74, 6) is -0.113. The second-order valence-corrected chi connectivity index (χ2v) is 5.82. The van der Waals surface area contributed by atoms with Gasteiger partial charge in [-0.1, -0.05) is 54.1 Å². The fourth-order valence-corrected chi connectivity index (χ4v) is 2.77. The average Bonchev–Trinajstić information content (AvgIpc) is 2.54. The Bertz CT molecular complexity index is 856. The number of aryl methyl sites for hydroxylation is 1. The van der Waals surface area contributed by atoms with Crippen molar-refractivity contribution in [2.75, 3.05) is 17.2 Å². The molecule has 116 valence electrons. The van der Waals surface area contributed by atoms with Gasteiger partial charge in [0, 0.05) is 11.1 Å². The Hall–Kier alpha value is -2.52. The molecule has 3 rings (SSSR count). The molecule has 3 aromatic rings. The number of carbonyl (C=O) groups excluding carboxylic acids is 1. The van der Waals surface area contributed by atoms with Gasteiger partial charge in [0.05, 0.1) is 17.3 Å². The van der Waals surface area contributed by atoms with Crippen LogP contribution in [0.25, 0.3) is 10.8 Å². The Morgan fingerprint density at radius 1 is 1.00 bits per heavy atom. The van der Waals surface area contributed by atoms with Crippen molar-refractivity contribution < 1.29 is 4.79 Å². The molecule has 0 heterocycles. The predicted molar refractivity (Wildman–Crippen MR) is 97.3 cm³/mol. The molecular formula is C19H17ClN2O. The number of halogens is 1. The molecule has 4 heteroatoms. The maximum Gasteiger partial charge on any atom is 0.243 e. The van der Waals surface area contributed by atoms with Crippen LogP contribution in [0.4, 0.5) is 11.4 Å². The summed E-state index contributed by atoms with van der Waals surface area (Å²) in [4.78, 5) is 12.2. The second-order valence-electron chi connectivity index (χ2n) is 5.41. The fourth-order valence-electron chi connectivity index (χ4n) is 2.47. The quantitative estimate of drug-likeness (QED) is 0.720. The average molecular weight is 325 g/mol. The highest BCUT2D eigenvalue weighted by molar-refractivity contribution is 6.33. The SMILES string of the molecule is Cc1ccc(NCC(=O)Nc2cccc3ccccc23)c(Cl)c1. The zero-order valence-electron chi connectivity index (χ0n) is 12.8. The highest BCUT2D eigenvalue weighted by Gasteiger charge is 2.07. The Kier molecular flexibility index (Phi) is 4.49. The van der Waals surface area contributed by atoms with Gasteiger partial charge in [-0.05, 0) is 36.1 Å². The van der Waals surface area contributed by atoms with Crippen molar-refractivity contribution in [1.82, 2.24) is 0 Å². The highest BCUT2D eigenvalue weighted by atomic mass is 35.5. The first-order valence-electron chi connectivity index (χ1n) is 7.41. The molecule has 0 bridgehead atoms. The lowest BCUT2D eigenvalue weighted by Crippen LogP contribution is -2.22. The molecule has 0 radical (unpaired) electrons. The Balaban J connectivity index is 1.69. The Morgan fingerprint density at radius 2 is 1.78 bits per heavy atom. The van der Waals surface area contributed by atoms with Gasteiger partial charge in [-0.3, -0.25) is 4.79 Å². The zero-order chi connectivity index (χ0) is 16.2. The van der Waals surface area contributed by atoms with Gasteiger partial charge in [-0.15, -0.1) is 0 Å². The van der Waals surface area contributed by atoms with Gasteiger partial charge in [0.25, 0.3) is 0 Å². The van der Waals surface area contributed by atoms with Crippen LogP contribution in [0.2, 0.25) is 5.02 Å². The second kappa shape index (κ2) is 6.71. The summed E-state index contributed by atoms with van der Waals surface area (Å²) >= 11 is 6.16. The van der Waals surface area contributed by atoms with E-state index in [4.69, 9.17) is 11.6 Å². The molecule has 0 aliphatic rings. The van der Waals surface area contributed by atoms with Gasteiger partial charge in [-0.2, -0.15) is 0 Å². The summed E-state index contributed by atoms with van der Waals surface area (Å²) in [6.07, 6.45) is 0. The maximum atomic E-state index is 12.2. The molecule has 3 nitrogen and oxygen atoms in total. The van der Waals surface area contributed by atoms with Gasteiger partial charge in [-0.25, -0.2) is 0 Å². The van der Waals surface area contributed by atoms with Crippen LogP contribution >= 0.6 is 11.6 Å². The van der Waals surface area contributed by atoms with E-state index in [1.807, 2.05) is 67.6 Å². The van der Waals surface area contributed by atoms with Gasteiger partial charge in [0.15, 0.2) is 0 Å². The van der Waals surface area contributed by atoms with Crippen LogP contribution in [0.1, 0.15) is 5.56 Å². The number of carbonyl (C=O) groups is 1. The third-order valence-electron chi connectivity index (χ3n) is 3.63. The molecule has 0 saturated heterocycles. The minimum absolute atomic E-state index is 0.113. The summed E-state index contributed by atoms with van der Waals surface area (Å²) in [5, 5.41) is 8.74. The number of fused-ring (bicyclic) bond motifs is 1. The molecule has 1 amide bonds. The van der Waals surface area contributed by atoms with Crippen LogP contribution in [0, 0.1) is 6.92 Å². The van der Waals surface area contributed by atoms with Crippen LogP contribution in [-0.4, -0.2) is 12.5 Å². The standard InChI is InChI=1S/C19H17ClN2O/c1-13-9-10-18(16(20)11-13)21-12-19(23)22-17-8-4-6-14-5-2-3-7-15(14)17/h2-11,21H,12H2,1H3,(H,22,23). The molecule has 0 fully saturated rings. The Labute approximate surface area is 140 Å². The molecule has 0 aliphatic carbocycles. The van der Waals surface area contributed by atoms with Crippen LogP contribution in [0.5, 0.6) is 0 Å². The van der Waals surface area contributed by atoms with E-state index >= 15 is 0 Å². The number of nitrogens with one attached hydrogen (secondary N) is 2. The summed E-state index contributed by atoms with van der Waals surface area (Å²) in [6.45, 7) is 2.13. The van der Waals surface area contributed by atoms with E-state index in [-0.39, 0.29) is 12.5 Å². The number of amides is 1. The van der Waals surface area contributed by atoms with E-state index in [2.05, 4.69) is 10.6 Å². The lowest BCUT2D eigenvalue weighted by atomic mass is 10.1. The number of rotatable bonds is 4. The van der Waals surface area contributed by atoms with Gasteiger partial charge in [0.2, 0.25) is 5.91 Å². The van der Waals surface area contributed by atoms with E-state index in [1.165, 1.54) is 0 Å². The molecule has 2 N–H and O–H groups in total. The first kappa shape index (κ1) is 15.4. The van der Waals surface area contributed by atoms with Crippen molar-refractivity contribution in [2.24, 2.45) is 0 Å². The molecule has 0 unspecified atom stereocenters. The van der Waals surface area contributed by atoms with E-state index in [0.29, 0.717) is 5.02 Å². The third-order valence-corrected chi connectivity index (χ3v) is 3.94. The fraction of sp³-hybridized carbons (Fsp3) is 0.105. The molecule has 0 saturated carbocycles. The summed E-state index contributed by atoms with van der Waals surface area (Å²) < 4.78 is 0. The van der Waals surface area contributed by atoms with Crippen molar-refractivity contribution in [1.29, 1.82) is 0 Å². The van der Waals surface area contributed by atoms with Crippen molar-refractivity contribution >= 4 is 39.7 Å². The van der Waals surface area contributed by atoms with E-state index in [0.717, 1.165) is 27.7 Å². The molecular weight excluding hydrogens is 308 g/mol. The first-order valence-corrected chi connectivity index (χ1v) is 7.79. The highest BCUT2D eigenvalue weighted by Crippen LogP contribution is 2.24. The van der Waals surface area contributed by atoms with E-state index < -0.39 is 0 Å². The number of anilines is 2. The van der Waals surface area contributed by atoms with Crippen LogP contribution < -0.4 is 10.6 Å². The molecule has 23 heavy (non-hydrogen) atoms. The summed E-state index contributed by atoms with van der Waals surface area (Å²) in [5.41, 5.74) is 2.65. The zero-order valence-corrected chi connectivity index (χ0v) is 13.5. The number of hydrogen-bond acceptors (Lipinski definition) is 2. The van der Waals surface area contributed by atoms with Crippen LogP contribution in [0.15, 0.2) is 60.7 Å². The lowest BCUT2D eigenvalue weighted by molar-refractivity contribution is -0.114. The molecule has 0 aromatic heterocycles. The largest absolute Gasteiger partial charge is 0.375 e. The Morgan fingerprint density at radius 3 is 2.61 bits per heavy atom. The van der Waals surface area contributed by atoms with Crippen LogP contribution in [-0.2, 0) is 4.79 Å². The predicted octanol–water partition coefficient (Wildman–Crippen LogP) is 4.85. The molecule has 0 atom stereocenters. The van der Waals surface area contributed by atoms with Gasteiger partial charge in [0.1, 0.15) is 0 Å². The number of benzene rings is 3. The maximum absolute atomic E-state index is 12.2. The summed E-state index contributed by atoms with van der Waals surface area (Å²) in [7, 11) is 0. The van der Waals surface area contributed by atoms with Crippen molar-refractivity contribution in [3.63, 3.8) is 0 Å². The minimum atomic E-state index is -0.113. The molecule has 3 aromatic carbocycles. The van der Waals surface area contributed by atoms with Crippen LogP contribution in [0.3, 0.4) is 0 Å². The van der Waals surface area contributed by atoms with Crippen molar-refractivity contribution in [3.8, 4) is 0 Å². The number of hydrogen-bond donors (Lipinski definition) is 2. The van der Waals surface area contributed by atoms with E-state index in [9.17, 15) is 4.79 Å².